The molecule has 3 unspecified atom stereocenters. The maximum absolute atomic E-state index is 12.2. The zero-order valence-corrected chi connectivity index (χ0v) is 12.4. The molecule has 1 rings (SSSR count). The van der Waals surface area contributed by atoms with Crippen LogP contribution in [0.4, 0.5) is 0 Å². The van der Waals surface area contributed by atoms with E-state index in [1.165, 1.54) is 6.42 Å². The molecule has 1 aliphatic rings. The number of carbonyl (C=O) groups excluding carboxylic acids is 1. The van der Waals surface area contributed by atoms with Gasteiger partial charge in [-0.2, -0.15) is 0 Å². The highest BCUT2D eigenvalue weighted by Gasteiger charge is 2.27. The Hall–Kier alpha value is -0.570. The monoisotopic (exact) mass is 254 g/mol. The molecule has 0 radical (unpaired) electrons. The lowest BCUT2D eigenvalue weighted by molar-refractivity contribution is -0.126. The Kier molecular flexibility index (Phi) is 6.13. The van der Waals surface area contributed by atoms with E-state index >= 15 is 0 Å². The molecule has 0 aliphatic heterocycles. The molecule has 0 spiro atoms. The number of hydrogen-bond acceptors (Lipinski definition) is 2. The summed E-state index contributed by atoms with van der Waals surface area (Å²) in [4.78, 5) is 12.2. The largest absolute Gasteiger partial charge is 0.353 e. The number of rotatable bonds is 5. The fourth-order valence-electron chi connectivity index (χ4n) is 3.26. The second-order valence-electron chi connectivity index (χ2n) is 6.69. The van der Waals surface area contributed by atoms with Crippen LogP contribution in [-0.4, -0.2) is 18.5 Å². The molecule has 0 saturated heterocycles. The van der Waals surface area contributed by atoms with Gasteiger partial charge in [-0.25, -0.2) is 0 Å². The first kappa shape index (κ1) is 15.5. The summed E-state index contributed by atoms with van der Waals surface area (Å²) < 4.78 is 0. The maximum atomic E-state index is 12.2. The molecule has 1 aliphatic carbocycles. The van der Waals surface area contributed by atoms with E-state index in [9.17, 15) is 4.79 Å². The quantitative estimate of drug-likeness (QED) is 0.792. The van der Waals surface area contributed by atoms with Gasteiger partial charge in [0.2, 0.25) is 5.91 Å². The molecule has 3 heteroatoms. The molecular formula is C15H30N2O. The number of carbonyl (C=O) groups is 1. The van der Waals surface area contributed by atoms with E-state index in [2.05, 4.69) is 33.0 Å². The number of nitrogens with two attached hydrogens (primary N) is 1. The van der Waals surface area contributed by atoms with Gasteiger partial charge in [-0.3, -0.25) is 4.79 Å². The van der Waals surface area contributed by atoms with Crippen molar-refractivity contribution in [1.82, 2.24) is 5.32 Å². The molecule has 3 atom stereocenters. The Balaban J connectivity index is 2.47. The van der Waals surface area contributed by atoms with Crippen LogP contribution < -0.4 is 11.1 Å². The van der Waals surface area contributed by atoms with Gasteiger partial charge in [0, 0.05) is 12.6 Å². The molecule has 0 aromatic carbocycles. The number of hydrogen-bond donors (Lipinski definition) is 2. The molecule has 0 bridgehead atoms. The van der Waals surface area contributed by atoms with Crippen LogP contribution in [0.25, 0.3) is 0 Å². The van der Waals surface area contributed by atoms with Crippen molar-refractivity contribution in [3.63, 3.8) is 0 Å². The molecule has 3 nitrogen and oxygen atoms in total. The summed E-state index contributed by atoms with van der Waals surface area (Å²) in [7, 11) is 0. The van der Waals surface area contributed by atoms with Crippen molar-refractivity contribution in [2.75, 3.05) is 6.54 Å². The Morgan fingerprint density at radius 3 is 2.22 bits per heavy atom. The van der Waals surface area contributed by atoms with Crippen LogP contribution >= 0.6 is 0 Å². The van der Waals surface area contributed by atoms with Gasteiger partial charge >= 0.3 is 0 Å². The van der Waals surface area contributed by atoms with E-state index in [-0.39, 0.29) is 11.8 Å². The summed E-state index contributed by atoms with van der Waals surface area (Å²) in [5.74, 6) is 2.12. The predicted molar refractivity (Wildman–Crippen MR) is 76.1 cm³/mol. The Labute approximate surface area is 112 Å². The van der Waals surface area contributed by atoms with Crippen LogP contribution in [0.2, 0.25) is 0 Å². The molecule has 0 aromatic heterocycles. The second-order valence-corrected chi connectivity index (χ2v) is 6.69. The molecule has 1 fully saturated rings. The highest BCUT2D eigenvalue weighted by Crippen LogP contribution is 2.28. The van der Waals surface area contributed by atoms with Gasteiger partial charge in [-0.15, -0.1) is 0 Å². The molecular weight excluding hydrogens is 224 g/mol. The summed E-state index contributed by atoms with van der Waals surface area (Å²) >= 11 is 0. The highest BCUT2D eigenvalue weighted by atomic mass is 16.1. The van der Waals surface area contributed by atoms with Crippen molar-refractivity contribution >= 4 is 5.91 Å². The van der Waals surface area contributed by atoms with E-state index in [1.54, 1.807) is 0 Å². The SMILES string of the molecule is CC(C)CC(CN)C(=O)NC1CC(C)CC(C)C1. The first-order chi connectivity index (χ1) is 8.42. The van der Waals surface area contributed by atoms with Crippen molar-refractivity contribution in [3.05, 3.63) is 0 Å². The third kappa shape index (κ3) is 4.97. The first-order valence-corrected chi connectivity index (χ1v) is 7.42. The van der Waals surface area contributed by atoms with Gasteiger partial charge in [0.15, 0.2) is 0 Å². The fourth-order valence-corrected chi connectivity index (χ4v) is 3.26. The normalized spacial score (nSPS) is 30.2. The van der Waals surface area contributed by atoms with Crippen molar-refractivity contribution < 1.29 is 4.79 Å². The minimum absolute atomic E-state index is 0.0162. The lowest BCUT2D eigenvalue weighted by Gasteiger charge is -2.33. The molecule has 3 N–H and O–H groups in total. The standard InChI is InChI=1S/C15H30N2O/c1-10(2)5-13(9-16)15(18)17-14-7-11(3)6-12(4)8-14/h10-14H,5-9,16H2,1-4H3,(H,17,18). The van der Waals surface area contributed by atoms with E-state index in [0.29, 0.717) is 18.5 Å². The second kappa shape index (κ2) is 7.13. The van der Waals surface area contributed by atoms with Gasteiger partial charge < -0.3 is 11.1 Å². The topological polar surface area (TPSA) is 55.1 Å². The summed E-state index contributed by atoms with van der Waals surface area (Å²) in [5, 5.41) is 3.22. The van der Waals surface area contributed by atoms with E-state index in [4.69, 9.17) is 5.73 Å². The van der Waals surface area contributed by atoms with Crippen LogP contribution in [0.3, 0.4) is 0 Å². The minimum atomic E-state index is -0.0162. The summed E-state index contributed by atoms with van der Waals surface area (Å²) in [6, 6.07) is 0.359. The van der Waals surface area contributed by atoms with Crippen molar-refractivity contribution in [3.8, 4) is 0 Å². The lowest BCUT2D eigenvalue weighted by atomic mass is 9.80. The fraction of sp³-hybridized carbons (Fsp3) is 0.933. The Morgan fingerprint density at radius 1 is 1.22 bits per heavy atom. The maximum Gasteiger partial charge on any atom is 0.224 e. The van der Waals surface area contributed by atoms with Crippen LogP contribution in [0, 0.1) is 23.7 Å². The van der Waals surface area contributed by atoms with Gasteiger partial charge in [0.05, 0.1) is 5.92 Å². The summed E-state index contributed by atoms with van der Waals surface area (Å²) in [6.45, 7) is 9.30. The minimum Gasteiger partial charge on any atom is -0.353 e. The zero-order chi connectivity index (χ0) is 13.7. The number of nitrogens with one attached hydrogen (secondary N) is 1. The van der Waals surface area contributed by atoms with Crippen molar-refractivity contribution in [1.29, 1.82) is 0 Å². The summed E-state index contributed by atoms with van der Waals surface area (Å²) in [5.41, 5.74) is 5.72. The van der Waals surface area contributed by atoms with Crippen LogP contribution in [0.15, 0.2) is 0 Å². The highest BCUT2D eigenvalue weighted by molar-refractivity contribution is 5.79. The molecule has 1 saturated carbocycles. The smallest absolute Gasteiger partial charge is 0.224 e. The van der Waals surface area contributed by atoms with Gasteiger partial charge in [-0.05, 0) is 43.4 Å². The van der Waals surface area contributed by atoms with Crippen LogP contribution in [0.5, 0.6) is 0 Å². The third-order valence-electron chi connectivity index (χ3n) is 3.94. The van der Waals surface area contributed by atoms with Crippen molar-refractivity contribution in [2.45, 2.75) is 59.4 Å². The Morgan fingerprint density at radius 2 is 1.78 bits per heavy atom. The zero-order valence-electron chi connectivity index (χ0n) is 12.4. The van der Waals surface area contributed by atoms with E-state index in [0.717, 1.165) is 31.1 Å². The lowest BCUT2D eigenvalue weighted by Crippen LogP contribution is -2.44. The van der Waals surface area contributed by atoms with E-state index < -0.39 is 0 Å². The molecule has 18 heavy (non-hydrogen) atoms. The van der Waals surface area contributed by atoms with Gasteiger partial charge in [-0.1, -0.05) is 27.7 Å². The third-order valence-corrected chi connectivity index (χ3v) is 3.94. The number of amides is 1. The predicted octanol–water partition coefficient (Wildman–Crippen LogP) is 2.55. The Bertz CT molecular complexity index is 255. The first-order valence-electron chi connectivity index (χ1n) is 7.42. The van der Waals surface area contributed by atoms with Crippen LogP contribution in [-0.2, 0) is 4.79 Å². The van der Waals surface area contributed by atoms with Gasteiger partial charge in [0.25, 0.3) is 0 Å². The van der Waals surface area contributed by atoms with Gasteiger partial charge in [0.1, 0.15) is 0 Å². The van der Waals surface area contributed by atoms with Crippen LogP contribution in [0.1, 0.15) is 53.4 Å². The molecule has 106 valence electrons. The molecule has 0 heterocycles. The van der Waals surface area contributed by atoms with Crippen molar-refractivity contribution in [2.24, 2.45) is 29.4 Å². The molecule has 1 amide bonds. The average Bonchev–Trinajstić information content (AvgIpc) is 2.23. The summed E-state index contributed by atoms with van der Waals surface area (Å²) in [6.07, 6.45) is 4.42. The van der Waals surface area contributed by atoms with E-state index in [1.807, 2.05) is 0 Å². The molecule has 0 aromatic rings. The average molecular weight is 254 g/mol.